The van der Waals surface area contributed by atoms with Crippen LogP contribution in [0.25, 0.3) is 21.5 Å². The number of aliphatic hydroxyl groups is 1. The van der Waals surface area contributed by atoms with E-state index in [2.05, 4.69) is 69.5 Å². The summed E-state index contributed by atoms with van der Waals surface area (Å²) in [4.78, 5) is 17.3. The molecule has 0 amide bonds. The molecule has 187 valence electrons. The van der Waals surface area contributed by atoms with E-state index in [0.717, 1.165) is 16.1 Å². The van der Waals surface area contributed by atoms with E-state index < -0.39 is 5.41 Å². The smallest absolute Gasteiger partial charge is 0.164 e. The van der Waals surface area contributed by atoms with E-state index in [-0.39, 0.29) is 42.5 Å². The number of aromatic nitrogens is 1. The largest absolute Gasteiger partial charge is 0.512 e. The van der Waals surface area contributed by atoms with Crippen LogP contribution < -0.4 is 0 Å². The normalized spacial score (nSPS) is 12.6. The maximum absolute atomic E-state index is 11.5. The number of aliphatic hydroxyl groups excluding tert-OH is 1. The van der Waals surface area contributed by atoms with E-state index in [9.17, 15) is 9.90 Å². The number of pyridine rings is 1. The van der Waals surface area contributed by atoms with Crippen LogP contribution in [0.2, 0.25) is 0 Å². The number of rotatable bonds is 2. The van der Waals surface area contributed by atoms with Crippen LogP contribution in [-0.2, 0) is 30.3 Å². The minimum atomic E-state index is -0.417. The van der Waals surface area contributed by atoms with Crippen LogP contribution in [0.15, 0.2) is 47.5 Å². The summed E-state index contributed by atoms with van der Waals surface area (Å²) < 4.78 is 0. The van der Waals surface area contributed by atoms with Gasteiger partial charge in [0.2, 0.25) is 0 Å². The molecule has 0 aliphatic heterocycles. The summed E-state index contributed by atoms with van der Waals surface area (Å²) in [6, 6.07) is 14.2. The van der Waals surface area contributed by atoms with Crippen LogP contribution in [-0.4, -0.2) is 15.9 Å². The Hall–Kier alpha value is -1.81. The van der Waals surface area contributed by atoms with Gasteiger partial charge < -0.3 is 5.11 Å². The Morgan fingerprint density at radius 3 is 2.12 bits per heavy atom. The number of aryl methyl sites for hydroxylation is 1. The van der Waals surface area contributed by atoms with Crippen LogP contribution in [0.3, 0.4) is 0 Å². The first kappa shape index (κ1) is 30.2. The van der Waals surface area contributed by atoms with E-state index in [1.54, 1.807) is 11.3 Å². The van der Waals surface area contributed by atoms with Gasteiger partial charge in [0.1, 0.15) is 10.6 Å². The summed E-state index contributed by atoms with van der Waals surface area (Å²) in [5.74, 6) is 0.104. The third kappa shape index (κ3) is 8.44. The first-order valence-electron chi connectivity index (χ1n) is 11.3. The molecule has 3 nitrogen and oxygen atoms in total. The van der Waals surface area contributed by atoms with Crippen molar-refractivity contribution in [1.29, 1.82) is 0 Å². The fourth-order valence-corrected chi connectivity index (χ4v) is 3.60. The molecule has 3 aromatic rings. The second-order valence-electron chi connectivity index (χ2n) is 11.6. The van der Waals surface area contributed by atoms with Crippen molar-refractivity contribution in [3.05, 3.63) is 64.7 Å². The second-order valence-corrected chi connectivity index (χ2v) is 12.5. The molecule has 3 rings (SSSR count). The van der Waals surface area contributed by atoms with Crippen LogP contribution in [0, 0.1) is 23.8 Å². The molecule has 2 heterocycles. The van der Waals surface area contributed by atoms with Crippen LogP contribution in [0.4, 0.5) is 0 Å². The van der Waals surface area contributed by atoms with Gasteiger partial charge in [-0.2, -0.15) is 0 Å². The molecule has 0 aliphatic rings. The van der Waals surface area contributed by atoms with Crippen LogP contribution >= 0.6 is 11.3 Å². The monoisotopic (exact) mass is 657 g/mol. The molecule has 0 saturated heterocycles. The Morgan fingerprint density at radius 1 is 0.971 bits per heavy atom. The fourth-order valence-electron chi connectivity index (χ4n) is 2.84. The van der Waals surface area contributed by atoms with Crippen molar-refractivity contribution in [2.45, 2.75) is 74.7 Å². The summed E-state index contributed by atoms with van der Waals surface area (Å²) in [6.07, 6.45) is 1.33. The SMILES string of the molecule is CC(C)(C)C(=O)/C=C(\O)C(C)(C)C.Cc1[c-]c(-c2ccc3ccsc3n2)cc(C(C)(C)C)c1.[Ir]. The number of carbonyl (C=O) groups is 1. The van der Waals surface area contributed by atoms with Crippen molar-refractivity contribution in [2.24, 2.45) is 10.8 Å². The van der Waals surface area contributed by atoms with E-state index >= 15 is 0 Å². The number of allylic oxidation sites excluding steroid dienone is 2. The summed E-state index contributed by atoms with van der Waals surface area (Å²) >= 11 is 1.69. The average Bonchev–Trinajstić information content (AvgIpc) is 3.13. The van der Waals surface area contributed by atoms with Crippen molar-refractivity contribution in [3.8, 4) is 11.3 Å². The zero-order valence-corrected chi connectivity index (χ0v) is 25.3. The molecular formula is C29H38IrNO2S-. The Bertz CT molecular complexity index is 1160. The molecule has 0 saturated carbocycles. The quantitative estimate of drug-likeness (QED) is 0.171. The molecule has 0 bridgehead atoms. The number of benzene rings is 1. The van der Waals surface area contributed by atoms with Crippen molar-refractivity contribution in [1.82, 2.24) is 4.98 Å². The molecule has 1 radical (unpaired) electrons. The maximum atomic E-state index is 11.5. The molecule has 0 spiro atoms. The first-order chi connectivity index (χ1) is 15.0. The Balaban J connectivity index is 0.000000364. The van der Waals surface area contributed by atoms with E-state index in [1.165, 1.54) is 22.6 Å². The van der Waals surface area contributed by atoms with Crippen molar-refractivity contribution in [2.75, 3.05) is 0 Å². The summed E-state index contributed by atoms with van der Waals surface area (Å²) in [6.45, 7) is 19.9. The minimum Gasteiger partial charge on any atom is -0.512 e. The zero-order valence-electron chi connectivity index (χ0n) is 22.1. The second kappa shape index (κ2) is 11.3. The van der Waals surface area contributed by atoms with Gasteiger partial charge in [0, 0.05) is 42.4 Å². The maximum Gasteiger partial charge on any atom is 0.164 e. The average molecular weight is 657 g/mol. The summed E-state index contributed by atoms with van der Waals surface area (Å²) in [5, 5.41) is 12.9. The molecular weight excluding hydrogens is 619 g/mol. The molecule has 0 atom stereocenters. The van der Waals surface area contributed by atoms with Gasteiger partial charge in [0.15, 0.2) is 5.78 Å². The Labute approximate surface area is 223 Å². The third-order valence-electron chi connectivity index (χ3n) is 5.24. The Morgan fingerprint density at radius 2 is 1.59 bits per heavy atom. The van der Waals surface area contributed by atoms with Crippen LogP contribution in [0.1, 0.15) is 73.4 Å². The Kier molecular flexibility index (Phi) is 10.0. The zero-order chi connectivity index (χ0) is 25.2. The third-order valence-corrected chi connectivity index (χ3v) is 6.06. The molecule has 0 fully saturated rings. The van der Waals surface area contributed by atoms with Gasteiger partial charge in [-0.15, -0.1) is 46.2 Å². The molecule has 0 aliphatic carbocycles. The van der Waals surface area contributed by atoms with Crippen LogP contribution in [0.5, 0.6) is 0 Å². The van der Waals surface area contributed by atoms with Gasteiger partial charge >= 0.3 is 0 Å². The van der Waals surface area contributed by atoms with Crippen molar-refractivity contribution >= 4 is 27.3 Å². The van der Waals surface area contributed by atoms with Gasteiger partial charge in [-0.25, -0.2) is 0 Å². The van der Waals surface area contributed by atoms with E-state index in [0.29, 0.717) is 0 Å². The van der Waals surface area contributed by atoms with Gasteiger partial charge in [-0.3, -0.25) is 9.78 Å². The minimum absolute atomic E-state index is 0. The van der Waals surface area contributed by atoms with Gasteiger partial charge in [-0.05, 0) is 22.6 Å². The number of nitrogens with zero attached hydrogens (tertiary/aromatic N) is 1. The van der Waals surface area contributed by atoms with Gasteiger partial charge in [0.25, 0.3) is 0 Å². The molecule has 0 unspecified atom stereocenters. The number of hydrogen-bond acceptors (Lipinski definition) is 4. The molecule has 1 aromatic carbocycles. The number of thiophene rings is 1. The topological polar surface area (TPSA) is 50.2 Å². The predicted molar refractivity (Wildman–Crippen MR) is 142 cm³/mol. The van der Waals surface area contributed by atoms with E-state index in [4.69, 9.17) is 4.98 Å². The van der Waals surface area contributed by atoms with Gasteiger partial charge in [0.05, 0.1) is 0 Å². The standard InChI is InChI=1S/C18H18NS.C11H20O2.Ir/c1-12-9-14(11-15(10-12)18(2,3)4)16-6-5-13-7-8-20-17(13)19-16;1-10(2,3)8(12)7-9(13)11(4,5)6;/h5-8,10-11H,1-4H3;7,12H,1-6H3;/q-1;;/b;8-7-;. The number of carbonyl (C=O) groups excluding carboxylic acids is 1. The van der Waals surface area contributed by atoms with E-state index in [1.807, 2.05) is 41.5 Å². The molecule has 1 N–H and O–H groups in total. The number of ketones is 1. The fraction of sp³-hybridized carbons (Fsp3) is 0.448. The number of fused-ring (bicyclic) bond motifs is 1. The predicted octanol–water partition coefficient (Wildman–Crippen LogP) is 8.46. The molecule has 34 heavy (non-hydrogen) atoms. The number of hydrogen-bond donors (Lipinski definition) is 1. The van der Waals surface area contributed by atoms with Crippen molar-refractivity contribution < 1.29 is 30.0 Å². The molecule has 2 aromatic heterocycles. The summed E-state index contributed by atoms with van der Waals surface area (Å²) in [7, 11) is 0. The summed E-state index contributed by atoms with van der Waals surface area (Å²) in [5.41, 5.74) is 3.97. The van der Waals surface area contributed by atoms with Crippen molar-refractivity contribution in [3.63, 3.8) is 0 Å². The van der Waals surface area contributed by atoms with Gasteiger partial charge in [-0.1, -0.05) is 81.4 Å². The molecule has 5 heteroatoms. The first-order valence-corrected chi connectivity index (χ1v) is 12.2.